The normalized spacial score (nSPS) is 13.0. The Morgan fingerprint density at radius 3 is 2.55 bits per heavy atom. The second-order valence-electron chi connectivity index (χ2n) is 8.83. The molecule has 0 fully saturated rings. The summed E-state index contributed by atoms with van der Waals surface area (Å²) in [5.74, 6) is -1.18. The summed E-state index contributed by atoms with van der Waals surface area (Å²) >= 11 is 2.33. The number of aliphatic carboxylic acids is 1. The fourth-order valence-electron chi connectivity index (χ4n) is 3.69. The van der Waals surface area contributed by atoms with E-state index in [2.05, 4.69) is 77.8 Å². The maximum absolute atomic E-state index is 11.2. The smallest absolute Gasteiger partial charge is 0.306 e. The maximum atomic E-state index is 11.2. The summed E-state index contributed by atoms with van der Waals surface area (Å²) in [5, 5.41) is 20.1. The van der Waals surface area contributed by atoms with Gasteiger partial charge < -0.3 is 15.2 Å². The first-order valence-corrected chi connectivity index (χ1v) is 10.9. The van der Waals surface area contributed by atoms with Gasteiger partial charge in [-0.15, -0.1) is 0 Å². The molecule has 0 aliphatic carbocycles. The average Bonchev–Trinajstić information content (AvgIpc) is 2.95. The van der Waals surface area contributed by atoms with Crippen molar-refractivity contribution < 1.29 is 15.0 Å². The van der Waals surface area contributed by atoms with Crippen LogP contribution in [-0.4, -0.2) is 27.8 Å². The second-order valence-corrected chi connectivity index (χ2v) is 9.91. The molecule has 29 heavy (non-hydrogen) atoms. The molecule has 0 aliphatic heterocycles. The number of carbonyl (C=O) groups is 1. The van der Waals surface area contributed by atoms with Gasteiger partial charge in [0.05, 0.1) is 9.62 Å². The van der Waals surface area contributed by atoms with Crippen molar-refractivity contribution in [3.8, 4) is 11.1 Å². The maximum Gasteiger partial charge on any atom is 0.306 e. The van der Waals surface area contributed by atoms with Gasteiger partial charge in [0, 0.05) is 17.5 Å². The monoisotopic (exact) mass is 505 g/mol. The summed E-state index contributed by atoms with van der Waals surface area (Å²) in [6.07, 6.45) is 1.31. The van der Waals surface area contributed by atoms with E-state index in [9.17, 15) is 15.0 Å². The van der Waals surface area contributed by atoms with Gasteiger partial charge in [-0.05, 0) is 82.2 Å². The first-order valence-electron chi connectivity index (χ1n) is 9.84. The van der Waals surface area contributed by atoms with Crippen molar-refractivity contribution in [3.05, 3.63) is 56.8 Å². The lowest BCUT2D eigenvalue weighted by Gasteiger charge is -2.21. The highest BCUT2D eigenvalue weighted by Crippen LogP contribution is 2.34. The SMILES string of the molecule is Cc1cc(C[C@H](C)C(=O)O)cc(-c2ccc3[nH]c(I)c(CC(C)(C)CO)c3c2)c1. The minimum absolute atomic E-state index is 0.137. The zero-order chi connectivity index (χ0) is 21.3. The van der Waals surface area contributed by atoms with Gasteiger partial charge in [-0.2, -0.15) is 0 Å². The molecule has 0 bridgehead atoms. The van der Waals surface area contributed by atoms with Crippen LogP contribution in [0.3, 0.4) is 0 Å². The third kappa shape index (κ3) is 5.01. The van der Waals surface area contributed by atoms with Crippen molar-refractivity contribution in [2.45, 2.75) is 40.5 Å². The van der Waals surface area contributed by atoms with Crippen LogP contribution < -0.4 is 0 Å². The van der Waals surface area contributed by atoms with Crippen molar-refractivity contribution >= 4 is 39.5 Å². The molecule has 0 amide bonds. The van der Waals surface area contributed by atoms with Crippen LogP contribution in [0.4, 0.5) is 0 Å². The molecule has 5 heteroatoms. The number of fused-ring (bicyclic) bond motifs is 1. The lowest BCUT2D eigenvalue weighted by Crippen LogP contribution is -2.20. The number of aromatic amines is 1. The first-order chi connectivity index (χ1) is 13.6. The molecule has 3 rings (SSSR count). The lowest BCUT2D eigenvalue weighted by atomic mass is 9.86. The number of carboxylic acids is 1. The lowest BCUT2D eigenvalue weighted by molar-refractivity contribution is -0.141. The minimum atomic E-state index is -0.771. The molecule has 0 aliphatic rings. The number of nitrogens with one attached hydrogen (secondary N) is 1. The Labute approximate surface area is 185 Å². The van der Waals surface area contributed by atoms with Crippen molar-refractivity contribution in [3.63, 3.8) is 0 Å². The molecule has 3 aromatic rings. The summed E-state index contributed by atoms with van der Waals surface area (Å²) in [4.78, 5) is 14.7. The summed E-state index contributed by atoms with van der Waals surface area (Å²) in [6, 6.07) is 12.7. The van der Waals surface area contributed by atoms with Gasteiger partial charge in [0.1, 0.15) is 0 Å². The molecule has 1 aromatic heterocycles. The summed E-state index contributed by atoms with van der Waals surface area (Å²) in [5.41, 5.74) is 6.52. The van der Waals surface area contributed by atoms with Crippen LogP contribution in [0.25, 0.3) is 22.0 Å². The van der Waals surface area contributed by atoms with Crippen LogP contribution in [0, 0.1) is 22.0 Å². The molecule has 0 unspecified atom stereocenters. The van der Waals surface area contributed by atoms with Crippen molar-refractivity contribution in [2.75, 3.05) is 6.61 Å². The van der Waals surface area contributed by atoms with Crippen LogP contribution in [0.5, 0.6) is 0 Å². The number of aromatic nitrogens is 1. The van der Waals surface area contributed by atoms with Gasteiger partial charge in [-0.1, -0.05) is 50.6 Å². The molecule has 0 radical (unpaired) electrons. The van der Waals surface area contributed by atoms with E-state index >= 15 is 0 Å². The van der Waals surface area contributed by atoms with Gasteiger partial charge >= 0.3 is 5.97 Å². The number of hydrogen-bond acceptors (Lipinski definition) is 2. The van der Waals surface area contributed by atoms with E-state index in [-0.39, 0.29) is 12.0 Å². The Hall–Kier alpha value is -1.86. The number of benzene rings is 2. The molecule has 3 N–H and O–H groups in total. The van der Waals surface area contributed by atoms with E-state index in [0.29, 0.717) is 6.42 Å². The molecule has 154 valence electrons. The van der Waals surface area contributed by atoms with Crippen molar-refractivity contribution in [2.24, 2.45) is 11.3 Å². The molecule has 2 aromatic carbocycles. The standard InChI is InChI=1S/C24H28INO3/c1-14-7-16(9-15(2)23(28)29)10-18(8-14)17-5-6-21-19(11-17)20(22(25)26-21)12-24(3,4)13-27/h5-8,10-11,15,26-27H,9,12-13H2,1-4H3,(H,28,29)/t15-/m0/s1. The van der Waals surface area contributed by atoms with Gasteiger partial charge in [0.25, 0.3) is 0 Å². The first kappa shape index (κ1) is 21.8. The predicted molar refractivity (Wildman–Crippen MR) is 126 cm³/mol. The molecule has 1 heterocycles. The van der Waals surface area contributed by atoms with Crippen LogP contribution in [-0.2, 0) is 17.6 Å². The van der Waals surface area contributed by atoms with E-state index in [1.165, 1.54) is 10.9 Å². The topological polar surface area (TPSA) is 73.3 Å². The minimum Gasteiger partial charge on any atom is -0.481 e. The summed E-state index contributed by atoms with van der Waals surface area (Å²) < 4.78 is 1.11. The molecule has 0 saturated carbocycles. The summed E-state index contributed by atoms with van der Waals surface area (Å²) in [6.45, 7) is 8.07. The largest absolute Gasteiger partial charge is 0.481 e. The van der Waals surface area contributed by atoms with Gasteiger partial charge in [-0.25, -0.2) is 0 Å². The van der Waals surface area contributed by atoms with Gasteiger partial charge in [0.2, 0.25) is 0 Å². The van der Waals surface area contributed by atoms with Crippen molar-refractivity contribution in [1.29, 1.82) is 0 Å². The third-order valence-corrected chi connectivity index (χ3v) is 6.29. The molecule has 1 atom stereocenters. The second kappa shape index (κ2) is 8.48. The Bertz CT molecular complexity index is 1050. The van der Waals surface area contributed by atoms with E-state index in [1.807, 2.05) is 6.92 Å². The van der Waals surface area contributed by atoms with E-state index in [0.717, 1.165) is 37.9 Å². The number of hydrogen-bond donors (Lipinski definition) is 3. The summed E-state index contributed by atoms with van der Waals surface area (Å²) in [7, 11) is 0. The number of H-pyrrole nitrogens is 1. The van der Waals surface area contributed by atoms with Crippen LogP contribution in [0.2, 0.25) is 0 Å². The van der Waals surface area contributed by atoms with Crippen molar-refractivity contribution in [1.82, 2.24) is 4.98 Å². The number of rotatable bonds is 7. The van der Waals surface area contributed by atoms with E-state index in [4.69, 9.17) is 0 Å². The number of halogens is 1. The predicted octanol–water partition coefficient (Wildman–Crippen LogP) is 5.57. The molecular formula is C24H28INO3. The zero-order valence-electron chi connectivity index (χ0n) is 17.3. The molecule has 4 nitrogen and oxygen atoms in total. The number of carboxylic acid groups (broad SMARTS) is 1. The van der Waals surface area contributed by atoms with Crippen LogP contribution >= 0.6 is 22.6 Å². The number of aliphatic hydroxyl groups is 1. The Morgan fingerprint density at radius 1 is 1.17 bits per heavy atom. The molecular weight excluding hydrogens is 477 g/mol. The quantitative estimate of drug-likeness (QED) is 0.368. The average molecular weight is 505 g/mol. The molecule has 0 spiro atoms. The van der Waals surface area contributed by atoms with Gasteiger partial charge in [0.15, 0.2) is 0 Å². The van der Waals surface area contributed by atoms with Crippen LogP contribution in [0.15, 0.2) is 36.4 Å². The molecule has 0 saturated heterocycles. The van der Waals surface area contributed by atoms with Crippen LogP contribution in [0.1, 0.15) is 37.5 Å². The Morgan fingerprint density at radius 2 is 1.90 bits per heavy atom. The fraction of sp³-hybridized carbons (Fsp3) is 0.375. The van der Waals surface area contributed by atoms with Gasteiger partial charge in [-0.3, -0.25) is 4.79 Å². The van der Waals surface area contributed by atoms with E-state index in [1.54, 1.807) is 6.92 Å². The third-order valence-electron chi connectivity index (χ3n) is 5.37. The zero-order valence-corrected chi connectivity index (χ0v) is 19.5. The number of aliphatic hydroxyl groups excluding tert-OH is 1. The highest BCUT2D eigenvalue weighted by atomic mass is 127. The van der Waals surface area contributed by atoms with E-state index < -0.39 is 11.9 Å². The Kier molecular flexibility index (Phi) is 6.39. The fourth-order valence-corrected chi connectivity index (χ4v) is 4.46. The highest BCUT2D eigenvalue weighted by Gasteiger charge is 2.22. The Balaban J connectivity index is 2.04. The number of aryl methyl sites for hydroxylation is 1. The highest BCUT2D eigenvalue weighted by molar-refractivity contribution is 14.1.